The summed E-state index contributed by atoms with van der Waals surface area (Å²) in [4.78, 5) is 13.1. The van der Waals surface area contributed by atoms with Crippen LogP contribution < -0.4 is 5.32 Å². The van der Waals surface area contributed by atoms with Crippen LogP contribution in [0.25, 0.3) is 0 Å². The van der Waals surface area contributed by atoms with E-state index in [1.54, 1.807) is 43.3 Å². The van der Waals surface area contributed by atoms with Gasteiger partial charge in [-0.05, 0) is 48.9 Å². The summed E-state index contributed by atoms with van der Waals surface area (Å²) in [5.74, 6) is -1.09. The largest absolute Gasteiger partial charge is 0.355 e. The van der Waals surface area contributed by atoms with Gasteiger partial charge in [0.25, 0.3) is 0 Å². The van der Waals surface area contributed by atoms with Crippen LogP contribution in [0.4, 0.5) is 4.39 Å². The molecule has 0 aliphatic rings. The maximum absolute atomic E-state index is 14.7. The van der Waals surface area contributed by atoms with Gasteiger partial charge in [0, 0.05) is 28.1 Å². The van der Waals surface area contributed by atoms with E-state index >= 15 is 0 Å². The third-order valence-corrected chi connectivity index (χ3v) is 7.33. The van der Waals surface area contributed by atoms with E-state index < -0.39 is 27.8 Å². The highest BCUT2D eigenvalue weighted by atomic mass is 79.9. The maximum Gasteiger partial charge on any atom is 0.244 e. The fourth-order valence-corrected chi connectivity index (χ4v) is 5.24. The molecule has 0 aliphatic carbocycles. The zero-order valence-corrected chi connectivity index (χ0v) is 20.3. The Bertz CT molecular complexity index is 1190. The smallest absolute Gasteiger partial charge is 0.244 e. The summed E-state index contributed by atoms with van der Waals surface area (Å²) in [6.07, 6.45) is 0. The van der Waals surface area contributed by atoms with Gasteiger partial charge in [-0.2, -0.15) is 4.31 Å². The number of nitrogens with one attached hydrogen (secondary N) is 1. The summed E-state index contributed by atoms with van der Waals surface area (Å²) in [6, 6.07) is 17.3. The van der Waals surface area contributed by atoms with Crippen LogP contribution in [-0.2, 0) is 21.4 Å². The molecular weight excluding hydrogens is 519 g/mol. The molecule has 0 fully saturated rings. The van der Waals surface area contributed by atoms with Crippen molar-refractivity contribution >= 4 is 43.5 Å². The lowest BCUT2D eigenvalue weighted by Crippen LogP contribution is -2.43. The van der Waals surface area contributed by atoms with Crippen molar-refractivity contribution in [2.24, 2.45) is 0 Å². The van der Waals surface area contributed by atoms with E-state index in [1.165, 1.54) is 36.4 Å². The number of carbonyl (C=O) groups excluding carboxylic acids is 1. The molecule has 1 amide bonds. The first-order chi connectivity index (χ1) is 15.2. The number of nitrogens with zero attached hydrogens (tertiary/aromatic N) is 1. The summed E-state index contributed by atoms with van der Waals surface area (Å²) >= 11 is 9.14. The SMILES string of the molecule is CCNC(=O)[C@@H](c1ccccc1)N(Cc1ccc(Br)cc1F)S(=O)(=O)c1ccc(Cl)cc1. The summed E-state index contributed by atoms with van der Waals surface area (Å²) < 4.78 is 43.7. The zero-order valence-electron chi connectivity index (χ0n) is 17.1. The number of hydrogen-bond donors (Lipinski definition) is 1. The lowest BCUT2D eigenvalue weighted by atomic mass is 10.1. The van der Waals surface area contributed by atoms with Crippen LogP contribution in [0.5, 0.6) is 0 Å². The molecule has 1 atom stereocenters. The van der Waals surface area contributed by atoms with Crippen molar-refractivity contribution in [3.05, 3.63) is 99.2 Å². The summed E-state index contributed by atoms with van der Waals surface area (Å²) in [7, 11) is -4.22. The molecule has 0 heterocycles. The van der Waals surface area contributed by atoms with Gasteiger partial charge in [-0.1, -0.05) is 63.9 Å². The Kier molecular flexibility index (Phi) is 8.05. The van der Waals surface area contributed by atoms with Gasteiger partial charge in [0.2, 0.25) is 15.9 Å². The molecule has 0 spiro atoms. The highest BCUT2D eigenvalue weighted by molar-refractivity contribution is 9.10. The molecule has 0 radical (unpaired) electrons. The Morgan fingerprint density at radius 3 is 2.34 bits per heavy atom. The van der Waals surface area contributed by atoms with Gasteiger partial charge in [-0.15, -0.1) is 0 Å². The standard InChI is InChI=1S/C23H21BrClFN2O3S/c1-2-27-23(29)22(16-6-4-3-5-7-16)28(15-17-8-9-18(24)14-21(17)26)32(30,31)20-12-10-19(25)11-13-20/h3-14,22H,2,15H2,1H3,(H,27,29)/t22-/m1/s1. The normalized spacial score (nSPS) is 12.5. The first-order valence-corrected chi connectivity index (χ1v) is 12.4. The van der Waals surface area contributed by atoms with Gasteiger partial charge in [0.15, 0.2) is 0 Å². The van der Waals surface area contributed by atoms with Crippen molar-refractivity contribution in [1.29, 1.82) is 0 Å². The average molecular weight is 540 g/mol. The molecule has 0 aromatic heterocycles. The van der Waals surface area contributed by atoms with Crippen molar-refractivity contribution in [3.63, 3.8) is 0 Å². The van der Waals surface area contributed by atoms with E-state index in [2.05, 4.69) is 21.2 Å². The first-order valence-electron chi connectivity index (χ1n) is 9.78. The highest BCUT2D eigenvalue weighted by Gasteiger charge is 2.37. The molecule has 0 aliphatic heterocycles. The van der Waals surface area contributed by atoms with Crippen molar-refractivity contribution in [1.82, 2.24) is 9.62 Å². The maximum atomic E-state index is 14.7. The zero-order chi connectivity index (χ0) is 23.3. The van der Waals surface area contributed by atoms with Gasteiger partial charge in [-0.25, -0.2) is 12.8 Å². The Morgan fingerprint density at radius 1 is 1.09 bits per heavy atom. The second-order valence-corrected chi connectivity index (χ2v) is 10.2. The molecule has 5 nitrogen and oxygen atoms in total. The number of rotatable bonds is 8. The number of benzene rings is 3. The molecule has 0 unspecified atom stereocenters. The van der Waals surface area contributed by atoms with Crippen LogP contribution in [0.1, 0.15) is 24.1 Å². The Labute approximate surface area is 200 Å². The Morgan fingerprint density at radius 2 is 1.75 bits per heavy atom. The predicted molar refractivity (Wildman–Crippen MR) is 126 cm³/mol. The van der Waals surface area contributed by atoms with E-state index in [1.807, 2.05) is 0 Å². The van der Waals surface area contributed by atoms with Crippen molar-refractivity contribution in [3.8, 4) is 0 Å². The minimum Gasteiger partial charge on any atom is -0.355 e. The fourth-order valence-electron chi connectivity index (χ4n) is 3.23. The van der Waals surface area contributed by atoms with Crippen LogP contribution in [0.15, 0.2) is 82.2 Å². The highest BCUT2D eigenvalue weighted by Crippen LogP contribution is 2.31. The number of hydrogen-bond acceptors (Lipinski definition) is 3. The van der Waals surface area contributed by atoms with E-state index in [-0.39, 0.29) is 17.0 Å². The second-order valence-electron chi connectivity index (χ2n) is 6.95. The molecule has 1 N–H and O–H groups in total. The quantitative estimate of drug-likeness (QED) is 0.422. The number of halogens is 3. The van der Waals surface area contributed by atoms with Crippen molar-refractivity contribution < 1.29 is 17.6 Å². The molecule has 3 rings (SSSR count). The lowest BCUT2D eigenvalue weighted by molar-refractivity contribution is -0.125. The van der Waals surface area contributed by atoms with Crippen molar-refractivity contribution in [2.75, 3.05) is 6.54 Å². The lowest BCUT2D eigenvalue weighted by Gasteiger charge is -2.30. The predicted octanol–water partition coefficient (Wildman–Crippen LogP) is 5.31. The van der Waals surface area contributed by atoms with Gasteiger partial charge in [0.05, 0.1) is 4.90 Å². The van der Waals surface area contributed by atoms with E-state index in [4.69, 9.17) is 11.6 Å². The minimum atomic E-state index is -4.22. The first kappa shape index (κ1) is 24.4. The summed E-state index contributed by atoms with van der Waals surface area (Å²) in [5, 5.41) is 3.07. The monoisotopic (exact) mass is 538 g/mol. The molecule has 3 aromatic carbocycles. The van der Waals surface area contributed by atoms with Gasteiger partial charge in [0.1, 0.15) is 11.9 Å². The molecule has 9 heteroatoms. The molecule has 168 valence electrons. The number of likely N-dealkylation sites (N-methyl/N-ethyl adjacent to an activating group) is 1. The number of sulfonamides is 1. The van der Waals surface area contributed by atoms with E-state index in [9.17, 15) is 17.6 Å². The van der Waals surface area contributed by atoms with Crippen LogP contribution in [0.2, 0.25) is 5.02 Å². The second kappa shape index (κ2) is 10.6. The van der Waals surface area contributed by atoms with Gasteiger partial charge >= 0.3 is 0 Å². The number of amides is 1. The van der Waals surface area contributed by atoms with E-state index in [0.717, 1.165) is 4.31 Å². The minimum absolute atomic E-state index is 0.0513. The molecule has 0 saturated carbocycles. The topological polar surface area (TPSA) is 66.5 Å². The number of carbonyl (C=O) groups is 1. The van der Waals surface area contributed by atoms with E-state index in [0.29, 0.717) is 21.6 Å². The van der Waals surface area contributed by atoms with Crippen molar-refractivity contribution in [2.45, 2.75) is 24.4 Å². The Hall–Kier alpha value is -2.26. The molecule has 0 bridgehead atoms. The summed E-state index contributed by atoms with van der Waals surface area (Å²) in [6.45, 7) is 1.71. The average Bonchev–Trinajstić information content (AvgIpc) is 2.76. The third-order valence-electron chi connectivity index (χ3n) is 4.76. The van der Waals surface area contributed by atoms with Crippen LogP contribution in [-0.4, -0.2) is 25.2 Å². The fraction of sp³-hybridized carbons (Fsp3) is 0.174. The van der Waals surface area contributed by atoms with Crippen LogP contribution in [0.3, 0.4) is 0 Å². The van der Waals surface area contributed by atoms with Crippen LogP contribution >= 0.6 is 27.5 Å². The summed E-state index contributed by atoms with van der Waals surface area (Å²) in [5.41, 5.74) is 0.601. The molecule has 0 saturated heterocycles. The van der Waals surface area contributed by atoms with Crippen LogP contribution in [0, 0.1) is 5.82 Å². The van der Waals surface area contributed by atoms with Gasteiger partial charge < -0.3 is 5.32 Å². The molecule has 32 heavy (non-hydrogen) atoms. The molecule has 3 aromatic rings. The third kappa shape index (κ3) is 5.56. The van der Waals surface area contributed by atoms with Gasteiger partial charge in [-0.3, -0.25) is 4.79 Å². The Balaban J connectivity index is 2.19. The molecular formula is C23H21BrClFN2O3S.